The van der Waals surface area contributed by atoms with Crippen molar-refractivity contribution in [2.75, 3.05) is 4.90 Å². The van der Waals surface area contributed by atoms with Crippen molar-refractivity contribution in [2.45, 2.75) is 82.5 Å². The van der Waals surface area contributed by atoms with Crippen LogP contribution >= 0.6 is 0 Å². The molecule has 8 aromatic carbocycles. The minimum absolute atomic E-state index is 0.0706. The predicted molar refractivity (Wildman–Crippen MR) is 279 cm³/mol. The van der Waals surface area contributed by atoms with Gasteiger partial charge in [-0.1, -0.05) is 148 Å². The van der Waals surface area contributed by atoms with Crippen LogP contribution in [0, 0.1) is 23.7 Å². The normalized spacial score (nSPS) is 23.0. The van der Waals surface area contributed by atoms with Crippen LogP contribution in [0.15, 0.2) is 180 Å². The summed E-state index contributed by atoms with van der Waals surface area (Å²) in [7, 11) is 0. The van der Waals surface area contributed by atoms with Gasteiger partial charge in [0.15, 0.2) is 0 Å². The molecule has 5 atom stereocenters. The maximum Gasteiger partial charge on any atom is 0.136 e. The molecule has 0 N–H and O–H groups in total. The number of hydrogen-bond donors (Lipinski definition) is 0. The minimum Gasteiger partial charge on any atom is -0.456 e. The van der Waals surface area contributed by atoms with Gasteiger partial charge in [0.25, 0.3) is 0 Å². The Bertz CT molecular complexity index is 3400. The summed E-state index contributed by atoms with van der Waals surface area (Å²) in [5.41, 5.74) is 22.3. The second kappa shape index (κ2) is 14.9. The van der Waals surface area contributed by atoms with E-state index in [-0.39, 0.29) is 10.8 Å². The first kappa shape index (κ1) is 39.5. The second-order valence-electron chi connectivity index (χ2n) is 21.3. The zero-order valence-electron chi connectivity index (χ0n) is 38.8. The van der Waals surface area contributed by atoms with Gasteiger partial charge in [0.2, 0.25) is 0 Å². The minimum atomic E-state index is 0.0706. The quantitative estimate of drug-likeness (QED) is 0.171. The van der Waals surface area contributed by atoms with E-state index in [2.05, 4.69) is 195 Å². The lowest BCUT2D eigenvalue weighted by Gasteiger charge is -2.54. The number of rotatable bonds is 5. The largest absolute Gasteiger partial charge is 0.456 e. The third-order valence-corrected chi connectivity index (χ3v) is 17.8. The maximum atomic E-state index is 6.79. The SMILES string of the molecule is C[C@@H]1CC2C[C@@H](C1)[C@@]1(c3ccccc3-c3cc(-c4ccc5c(c4)oc4ccc(N(c6ccc(-c7ccccc7)cc6)c6ccc7c(c6)C6(CCCCC6)c6ccccc6-7)cc45)ccc31)[C@@H](C)C2. The molecule has 2 nitrogen and oxygen atoms in total. The van der Waals surface area contributed by atoms with E-state index in [1.165, 1.54) is 119 Å². The lowest BCUT2D eigenvalue weighted by Crippen LogP contribution is -2.49. The van der Waals surface area contributed by atoms with Crippen molar-refractivity contribution in [3.05, 3.63) is 198 Å². The molecular formula is C65H57NO. The smallest absolute Gasteiger partial charge is 0.136 e. The van der Waals surface area contributed by atoms with Crippen LogP contribution < -0.4 is 4.90 Å². The van der Waals surface area contributed by atoms with Crippen LogP contribution in [-0.4, -0.2) is 0 Å². The van der Waals surface area contributed by atoms with E-state index in [1.807, 2.05) is 0 Å². The average molecular weight is 868 g/mol. The predicted octanol–water partition coefficient (Wildman–Crippen LogP) is 18.0. The summed E-state index contributed by atoms with van der Waals surface area (Å²) >= 11 is 0. The zero-order chi connectivity index (χ0) is 44.4. The molecule has 2 bridgehead atoms. The standard InChI is InChI=1S/C65H57NO/c1-41-33-43-35-42(2)65(48(34-41)36-43)59-18-10-8-16-53(59)56-37-46(22-29-60(56)65)47-21-27-55-57-39-50(26-30-62(57)67-63(55)38-47)66(49-23-19-45(20-24-49)44-13-5-3-6-14-44)51-25-28-54-52-15-7-9-17-58(52)64(61(54)40-51)31-11-4-12-32-64/h3,5-10,13-30,37-43,48H,4,11-12,31-36H2,1-2H3/t41-,42+,43?,48-,65-/m1/s1. The third-order valence-electron chi connectivity index (χ3n) is 17.8. The highest BCUT2D eigenvalue weighted by Gasteiger charge is 2.56. The van der Waals surface area contributed by atoms with E-state index in [4.69, 9.17) is 4.42 Å². The number of anilines is 3. The highest BCUT2D eigenvalue weighted by Crippen LogP contribution is 2.65. The van der Waals surface area contributed by atoms with Crippen molar-refractivity contribution in [2.24, 2.45) is 23.7 Å². The summed E-state index contributed by atoms with van der Waals surface area (Å²) in [5, 5.41) is 2.28. The van der Waals surface area contributed by atoms with Crippen LogP contribution in [-0.2, 0) is 10.8 Å². The molecule has 0 saturated heterocycles. The lowest BCUT2D eigenvalue weighted by molar-refractivity contribution is 0.0426. The van der Waals surface area contributed by atoms with Gasteiger partial charge in [0.1, 0.15) is 11.2 Å². The fourth-order valence-electron chi connectivity index (χ4n) is 15.1. The molecule has 3 saturated carbocycles. The Morgan fingerprint density at radius 3 is 1.91 bits per heavy atom. The fraction of sp³-hybridized carbons (Fsp3) is 0.262. The Balaban J connectivity index is 0.869. The molecule has 0 aliphatic heterocycles. The topological polar surface area (TPSA) is 16.4 Å². The van der Waals surface area contributed by atoms with Gasteiger partial charge in [-0.15, -0.1) is 0 Å². The fourth-order valence-corrected chi connectivity index (χ4v) is 15.1. The summed E-state index contributed by atoms with van der Waals surface area (Å²) in [6.07, 6.45) is 11.7. The number of benzene rings is 8. The highest BCUT2D eigenvalue weighted by atomic mass is 16.3. The highest BCUT2D eigenvalue weighted by molar-refractivity contribution is 6.08. The van der Waals surface area contributed by atoms with Gasteiger partial charge in [-0.05, 0) is 190 Å². The van der Waals surface area contributed by atoms with Crippen molar-refractivity contribution in [3.8, 4) is 44.5 Å². The molecule has 5 aliphatic carbocycles. The Labute approximate surface area is 395 Å². The number of fused-ring (bicyclic) bond motifs is 16. The molecule has 2 spiro atoms. The molecule has 9 aromatic rings. The van der Waals surface area contributed by atoms with E-state index in [0.717, 1.165) is 45.1 Å². The van der Waals surface area contributed by atoms with Gasteiger partial charge in [-0.2, -0.15) is 0 Å². The van der Waals surface area contributed by atoms with E-state index >= 15 is 0 Å². The molecule has 0 amide bonds. The van der Waals surface area contributed by atoms with Gasteiger partial charge in [0, 0.05) is 38.7 Å². The Kier molecular flexibility index (Phi) is 8.81. The summed E-state index contributed by atoms with van der Waals surface area (Å²) in [6.45, 7) is 5.07. The van der Waals surface area contributed by atoms with E-state index in [0.29, 0.717) is 11.8 Å². The van der Waals surface area contributed by atoms with Crippen molar-refractivity contribution < 1.29 is 4.42 Å². The van der Waals surface area contributed by atoms with Crippen LogP contribution in [0.5, 0.6) is 0 Å². The molecule has 3 fully saturated rings. The van der Waals surface area contributed by atoms with Gasteiger partial charge in [-0.25, -0.2) is 0 Å². The molecule has 5 aliphatic rings. The molecule has 14 rings (SSSR count). The molecule has 1 unspecified atom stereocenters. The van der Waals surface area contributed by atoms with Crippen LogP contribution in [0.3, 0.4) is 0 Å². The molecule has 0 radical (unpaired) electrons. The Morgan fingerprint density at radius 1 is 0.433 bits per heavy atom. The van der Waals surface area contributed by atoms with Gasteiger partial charge >= 0.3 is 0 Å². The second-order valence-corrected chi connectivity index (χ2v) is 21.3. The molecule has 328 valence electrons. The summed E-state index contributed by atoms with van der Waals surface area (Å²) in [4.78, 5) is 2.47. The molecule has 67 heavy (non-hydrogen) atoms. The molecular weight excluding hydrogens is 811 g/mol. The van der Waals surface area contributed by atoms with Crippen molar-refractivity contribution in [1.82, 2.24) is 0 Å². The number of furan rings is 1. The van der Waals surface area contributed by atoms with Gasteiger partial charge in [-0.3, -0.25) is 0 Å². The molecule has 1 heterocycles. The summed E-state index contributed by atoms with van der Waals surface area (Å²) in [6, 6.07) is 66.9. The number of nitrogens with zero attached hydrogens (tertiary/aromatic N) is 1. The Hall–Kier alpha value is -6.64. The number of hydrogen-bond acceptors (Lipinski definition) is 2. The van der Waals surface area contributed by atoms with E-state index < -0.39 is 0 Å². The lowest BCUT2D eigenvalue weighted by atomic mass is 9.49. The van der Waals surface area contributed by atoms with Crippen molar-refractivity contribution in [3.63, 3.8) is 0 Å². The average Bonchev–Trinajstić information content (AvgIpc) is 3.98. The first-order valence-electron chi connectivity index (χ1n) is 25.4. The van der Waals surface area contributed by atoms with E-state index in [1.54, 1.807) is 11.1 Å². The van der Waals surface area contributed by atoms with Crippen LogP contribution in [0.2, 0.25) is 0 Å². The van der Waals surface area contributed by atoms with Crippen LogP contribution in [0.1, 0.15) is 93.9 Å². The van der Waals surface area contributed by atoms with Crippen LogP contribution in [0.4, 0.5) is 17.1 Å². The van der Waals surface area contributed by atoms with Gasteiger partial charge < -0.3 is 9.32 Å². The van der Waals surface area contributed by atoms with Gasteiger partial charge in [0.05, 0.1) is 0 Å². The van der Waals surface area contributed by atoms with Crippen LogP contribution in [0.25, 0.3) is 66.4 Å². The summed E-state index contributed by atoms with van der Waals surface area (Å²) < 4.78 is 6.79. The maximum absolute atomic E-state index is 6.79. The Morgan fingerprint density at radius 2 is 1.07 bits per heavy atom. The van der Waals surface area contributed by atoms with E-state index in [9.17, 15) is 0 Å². The first-order chi connectivity index (χ1) is 33.0. The summed E-state index contributed by atoms with van der Waals surface area (Å²) in [5.74, 6) is 3.01. The monoisotopic (exact) mass is 867 g/mol. The van der Waals surface area contributed by atoms with Crippen molar-refractivity contribution >= 4 is 39.0 Å². The van der Waals surface area contributed by atoms with Crippen molar-refractivity contribution in [1.29, 1.82) is 0 Å². The first-order valence-corrected chi connectivity index (χ1v) is 25.4. The molecule has 2 heteroatoms. The zero-order valence-corrected chi connectivity index (χ0v) is 38.8. The molecule has 1 aromatic heterocycles. The third kappa shape index (κ3) is 5.81.